The van der Waals surface area contributed by atoms with E-state index in [0.717, 1.165) is 5.56 Å². The Morgan fingerprint density at radius 1 is 1.24 bits per heavy atom. The molecule has 0 N–H and O–H groups in total. The molecule has 0 fully saturated rings. The first-order valence-corrected chi connectivity index (χ1v) is 7.41. The molecule has 1 aromatic carbocycles. The number of imidazole rings is 1. The maximum Gasteiger partial charge on any atom is 0.292 e. The largest absolute Gasteiger partial charge is 0.292 e. The van der Waals surface area contributed by atoms with Crippen LogP contribution < -0.4 is 5.56 Å². The summed E-state index contributed by atoms with van der Waals surface area (Å²) in [7, 11) is 1.50. The van der Waals surface area contributed by atoms with Gasteiger partial charge >= 0.3 is 0 Å². The van der Waals surface area contributed by atoms with Crippen LogP contribution in [-0.4, -0.2) is 24.3 Å². The van der Waals surface area contributed by atoms with Gasteiger partial charge in [-0.1, -0.05) is 37.3 Å². The van der Waals surface area contributed by atoms with Gasteiger partial charge in [0.1, 0.15) is 0 Å². The van der Waals surface area contributed by atoms with E-state index in [1.807, 2.05) is 37.3 Å². The first-order valence-electron chi connectivity index (χ1n) is 6.47. The van der Waals surface area contributed by atoms with Crippen molar-refractivity contribution in [2.24, 2.45) is 7.05 Å². The van der Waals surface area contributed by atoms with Gasteiger partial charge in [0.15, 0.2) is 17.0 Å². The fraction of sp³-hybridized carbons (Fsp3) is 0.214. The van der Waals surface area contributed by atoms with Crippen LogP contribution in [0.2, 0.25) is 0 Å². The summed E-state index contributed by atoms with van der Waals surface area (Å²) >= 11 is 1.32. The highest BCUT2D eigenvalue weighted by Gasteiger charge is 2.18. The number of rotatable bonds is 3. The summed E-state index contributed by atoms with van der Waals surface area (Å²) in [6, 6.07) is 9.37. The Balaban J connectivity index is 2.39. The number of nitrogens with zero attached hydrogens (tertiary/aromatic N) is 4. The summed E-state index contributed by atoms with van der Waals surface area (Å²) in [6.07, 6.45) is -0.715. The molecule has 3 aromatic rings. The Morgan fingerprint density at radius 3 is 2.62 bits per heavy atom. The number of benzene rings is 1. The van der Waals surface area contributed by atoms with E-state index in [1.165, 1.54) is 27.5 Å². The molecule has 0 saturated heterocycles. The van der Waals surface area contributed by atoms with Crippen LogP contribution in [0.25, 0.3) is 22.6 Å². The Bertz CT molecular complexity index is 857. The zero-order valence-electron chi connectivity index (χ0n) is 11.6. The molecule has 0 aliphatic carbocycles. The number of aromatic nitrogens is 4. The molecule has 0 radical (unpaired) electrons. The van der Waals surface area contributed by atoms with Crippen molar-refractivity contribution in [2.75, 3.05) is 5.75 Å². The highest BCUT2D eigenvalue weighted by Crippen LogP contribution is 2.22. The zero-order valence-corrected chi connectivity index (χ0v) is 12.4. The predicted octanol–water partition coefficient (Wildman–Crippen LogP) is 2.45. The normalized spacial score (nSPS) is 11.2. The van der Waals surface area contributed by atoms with Gasteiger partial charge in [-0.2, -0.15) is 9.37 Å². The van der Waals surface area contributed by atoms with Crippen LogP contribution in [-0.2, 0) is 7.05 Å². The van der Waals surface area contributed by atoms with Crippen molar-refractivity contribution in [3.8, 4) is 11.4 Å². The van der Waals surface area contributed by atoms with E-state index in [2.05, 4.69) is 9.97 Å². The van der Waals surface area contributed by atoms with Gasteiger partial charge in [0.25, 0.3) is 11.6 Å². The van der Waals surface area contributed by atoms with Crippen molar-refractivity contribution >= 4 is 23.1 Å². The average Bonchev–Trinajstić information content (AvgIpc) is 2.79. The van der Waals surface area contributed by atoms with Crippen LogP contribution in [0.3, 0.4) is 0 Å². The third kappa shape index (κ3) is 2.23. The third-order valence-corrected chi connectivity index (χ3v) is 3.95. The van der Waals surface area contributed by atoms with E-state index in [-0.39, 0.29) is 16.7 Å². The molecule has 0 unspecified atom stereocenters. The van der Waals surface area contributed by atoms with Crippen LogP contribution in [0, 0.1) is 6.08 Å². The fourth-order valence-electron chi connectivity index (χ4n) is 2.09. The van der Waals surface area contributed by atoms with E-state index >= 15 is 0 Å². The van der Waals surface area contributed by atoms with E-state index in [9.17, 15) is 9.18 Å². The minimum atomic E-state index is -0.715. The Hall–Kier alpha value is -2.15. The molecule has 108 valence electrons. The van der Waals surface area contributed by atoms with Gasteiger partial charge in [-0.05, 0) is 11.9 Å². The molecule has 0 aliphatic rings. The first-order chi connectivity index (χ1) is 10.1. The lowest BCUT2D eigenvalue weighted by atomic mass is 10.2. The minimum Gasteiger partial charge on any atom is -0.288 e. The molecular weight excluding hydrogens is 291 g/mol. The summed E-state index contributed by atoms with van der Waals surface area (Å²) in [4.78, 5) is 20.7. The summed E-state index contributed by atoms with van der Waals surface area (Å²) < 4.78 is 16.3. The molecule has 2 heterocycles. The van der Waals surface area contributed by atoms with Crippen molar-refractivity contribution in [3.63, 3.8) is 0 Å². The summed E-state index contributed by atoms with van der Waals surface area (Å²) in [5, 5.41) is 0. The highest BCUT2D eigenvalue weighted by atomic mass is 32.2. The maximum atomic E-state index is 13.6. The summed E-state index contributed by atoms with van der Waals surface area (Å²) in [5.41, 5.74) is 0.768. The van der Waals surface area contributed by atoms with Crippen LogP contribution in [0.4, 0.5) is 4.39 Å². The van der Waals surface area contributed by atoms with Crippen molar-refractivity contribution in [1.29, 1.82) is 0 Å². The van der Waals surface area contributed by atoms with Gasteiger partial charge in [-0.3, -0.25) is 9.36 Å². The molecule has 0 bridgehead atoms. The van der Waals surface area contributed by atoms with E-state index < -0.39 is 6.08 Å². The second-order valence-electron chi connectivity index (χ2n) is 4.43. The van der Waals surface area contributed by atoms with Gasteiger partial charge in [0.05, 0.1) is 0 Å². The second kappa shape index (κ2) is 5.33. The third-order valence-electron chi connectivity index (χ3n) is 3.09. The number of hydrogen-bond donors (Lipinski definition) is 0. The Kier molecular flexibility index (Phi) is 3.50. The monoisotopic (exact) mass is 304 g/mol. The van der Waals surface area contributed by atoms with E-state index in [0.29, 0.717) is 11.6 Å². The molecule has 3 rings (SSSR count). The van der Waals surface area contributed by atoms with Crippen LogP contribution >= 0.6 is 11.9 Å². The van der Waals surface area contributed by atoms with Crippen LogP contribution in [0.15, 0.2) is 35.1 Å². The molecule has 0 saturated carbocycles. The smallest absolute Gasteiger partial charge is 0.288 e. The zero-order chi connectivity index (χ0) is 15.0. The fourth-order valence-corrected chi connectivity index (χ4v) is 2.82. The number of fused-ring (bicyclic) bond motifs is 1. The van der Waals surface area contributed by atoms with Crippen molar-refractivity contribution in [1.82, 2.24) is 18.5 Å². The van der Waals surface area contributed by atoms with E-state index in [1.54, 1.807) is 0 Å². The molecule has 0 aliphatic heterocycles. The van der Waals surface area contributed by atoms with Crippen molar-refractivity contribution < 1.29 is 4.39 Å². The van der Waals surface area contributed by atoms with Crippen molar-refractivity contribution in [3.05, 3.63) is 46.8 Å². The quantitative estimate of drug-likeness (QED) is 0.698. The highest BCUT2D eigenvalue weighted by molar-refractivity contribution is 7.97. The summed E-state index contributed by atoms with van der Waals surface area (Å²) in [6.45, 7) is 1.94. The molecule has 0 amide bonds. The van der Waals surface area contributed by atoms with E-state index in [4.69, 9.17) is 0 Å². The molecule has 5 nitrogen and oxygen atoms in total. The molecule has 0 spiro atoms. The van der Waals surface area contributed by atoms with Crippen molar-refractivity contribution in [2.45, 2.75) is 6.92 Å². The second-order valence-corrected chi connectivity index (χ2v) is 5.63. The Labute approximate surface area is 124 Å². The molecule has 0 atom stereocenters. The number of hydrogen-bond acceptors (Lipinski definition) is 4. The van der Waals surface area contributed by atoms with Gasteiger partial charge < -0.3 is 0 Å². The molecule has 2 aromatic heterocycles. The lowest BCUT2D eigenvalue weighted by Gasteiger charge is -2.10. The lowest BCUT2D eigenvalue weighted by molar-refractivity contribution is 0.506. The van der Waals surface area contributed by atoms with Crippen LogP contribution in [0.5, 0.6) is 0 Å². The number of aryl methyl sites for hydroxylation is 1. The Morgan fingerprint density at radius 2 is 1.95 bits per heavy atom. The van der Waals surface area contributed by atoms with Gasteiger partial charge in [0, 0.05) is 18.4 Å². The molecular formula is C14H13FN4OS. The first kappa shape index (κ1) is 13.8. The average molecular weight is 304 g/mol. The van der Waals surface area contributed by atoms with Crippen LogP contribution in [0.1, 0.15) is 6.92 Å². The lowest BCUT2D eigenvalue weighted by Crippen LogP contribution is -2.19. The van der Waals surface area contributed by atoms with Gasteiger partial charge in [-0.25, -0.2) is 8.96 Å². The van der Waals surface area contributed by atoms with Gasteiger partial charge in [0.2, 0.25) is 0 Å². The topological polar surface area (TPSA) is 52.7 Å². The molecule has 21 heavy (non-hydrogen) atoms. The molecule has 7 heteroatoms. The maximum absolute atomic E-state index is 13.6. The predicted molar refractivity (Wildman–Crippen MR) is 81.7 cm³/mol. The minimum absolute atomic E-state index is 0.0515. The van der Waals surface area contributed by atoms with Gasteiger partial charge in [-0.15, -0.1) is 0 Å². The summed E-state index contributed by atoms with van der Waals surface area (Å²) in [5.74, 6) is 1.20. The standard InChI is InChI=1S/C14H13FN4OS/c1-3-21-19-11(9-7-5-4-6-8-9)17-12-10(13(19)20)16-14(15)18(12)2/h4-8H,3H2,1-2H3. The number of halogens is 1. The SMILES string of the molecule is CCSn1c(-c2ccccc2)nc2c(nc(F)n2C)c1=O.